The van der Waals surface area contributed by atoms with Crippen molar-refractivity contribution in [2.45, 2.75) is 25.9 Å². The van der Waals surface area contributed by atoms with Crippen molar-refractivity contribution in [3.05, 3.63) is 29.3 Å². The number of carbonyl (C=O) groups excluding carboxylic acids is 1. The molecular weight excluding hydrogens is 258 g/mol. The van der Waals surface area contributed by atoms with E-state index in [1.807, 2.05) is 6.07 Å². The maximum atomic E-state index is 11.3. The van der Waals surface area contributed by atoms with Gasteiger partial charge in [0.2, 0.25) is 0 Å². The molecule has 106 valence electrons. The molecule has 0 unspecified atom stereocenters. The highest BCUT2D eigenvalue weighted by Crippen LogP contribution is 2.22. The molecule has 0 spiro atoms. The third-order valence-corrected chi connectivity index (χ3v) is 2.92. The van der Waals surface area contributed by atoms with Gasteiger partial charge in [-0.2, -0.15) is 5.26 Å². The molecule has 0 amide bonds. The predicted octanol–water partition coefficient (Wildman–Crippen LogP) is 1.83. The Hall–Kier alpha value is -2.06. The Bertz CT molecular complexity index is 517. The molecule has 1 saturated heterocycles. The zero-order valence-corrected chi connectivity index (χ0v) is 11.4. The fraction of sp³-hybridized carbons (Fsp3) is 0.467. The molecule has 1 atom stereocenters. The van der Waals surface area contributed by atoms with Crippen molar-refractivity contribution in [1.29, 1.82) is 5.26 Å². The van der Waals surface area contributed by atoms with Crippen molar-refractivity contribution in [3.8, 4) is 11.8 Å². The van der Waals surface area contributed by atoms with Crippen molar-refractivity contribution < 1.29 is 19.0 Å². The number of nitrogens with zero attached hydrogens (tertiary/aromatic N) is 1. The van der Waals surface area contributed by atoms with Gasteiger partial charge in [-0.3, -0.25) is 4.79 Å². The highest BCUT2D eigenvalue weighted by atomic mass is 16.6. The summed E-state index contributed by atoms with van der Waals surface area (Å²) in [6.45, 7) is 3.34. The second-order valence-electron chi connectivity index (χ2n) is 4.51. The Morgan fingerprint density at radius 2 is 2.35 bits per heavy atom. The van der Waals surface area contributed by atoms with Gasteiger partial charge in [0.05, 0.1) is 18.8 Å². The van der Waals surface area contributed by atoms with Gasteiger partial charge < -0.3 is 14.2 Å². The minimum atomic E-state index is -0.217. The molecule has 1 aliphatic rings. The van der Waals surface area contributed by atoms with Crippen LogP contribution in [0.25, 0.3) is 0 Å². The zero-order valence-electron chi connectivity index (χ0n) is 11.4. The van der Waals surface area contributed by atoms with Crippen LogP contribution in [0.3, 0.4) is 0 Å². The highest BCUT2D eigenvalue weighted by molar-refractivity contribution is 5.69. The van der Waals surface area contributed by atoms with E-state index < -0.39 is 0 Å². The number of rotatable bonds is 7. The average molecular weight is 275 g/mol. The molecule has 0 bridgehead atoms. The normalized spacial score (nSPS) is 16.3. The smallest absolute Gasteiger partial charge is 0.306 e. The topological polar surface area (TPSA) is 71.9 Å². The molecule has 2 rings (SSSR count). The fourth-order valence-electron chi connectivity index (χ4n) is 1.76. The molecule has 0 radical (unpaired) electrons. The van der Waals surface area contributed by atoms with Crippen LogP contribution in [0.4, 0.5) is 0 Å². The maximum absolute atomic E-state index is 11.3. The Morgan fingerprint density at radius 3 is 3.00 bits per heavy atom. The lowest BCUT2D eigenvalue weighted by molar-refractivity contribution is -0.143. The van der Waals surface area contributed by atoms with E-state index in [0.29, 0.717) is 44.0 Å². The summed E-state index contributed by atoms with van der Waals surface area (Å²) in [5, 5.41) is 9.04. The maximum Gasteiger partial charge on any atom is 0.306 e. The Labute approximate surface area is 118 Å². The van der Waals surface area contributed by atoms with E-state index in [4.69, 9.17) is 19.5 Å². The monoisotopic (exact) mass is 275 g/mol. The number of nitriles is 1. The molecule has 1 heterocycles. The Balaban J connectivity index is 1.96. The van der Waals surface area contributed by atoms with Crippen molar-refractivity contribution in [2.24, 2.45) is 0 Å². The quantitative estimate of drug-likeness (QED) is 0.560. The minimum absolute atomic E-state index is 0.143. The Morgan fingerprint density at radius 1 is 1.55 bits per heavy atom. The van der Waals surface area contributed by atoms with Crippen LogP contribution < -0.4 is 4.74 Å². The van der Waals surface area contributed by atoms with Gasteiger partial charge in [0, 0.05) is 6.42 Å². The zero-order chi connectivity index (χ0) is 14.4. The largest absolute Gasteiger partial charge is 0.489 e. The second-order valence-corrected chi connectivity index (χ2v) is 4.51. The van der Waals surface area contributed by atoms with Crippen molar-refractivity contribution in [1.82, 2.24) is 0 Å². The number of hydrogen-bond donors (Lipinski definition) is 0. The molecule has 0 N–H and O–H groups in total. The molecule has 0 saturated carbocycles. The van der Waals surface area contributed by atoms with Crippen LogP contribution in [0.2, 0.25) is 0 Å². The van der Waals surface area contributed by atoms with Gasteiger partial charge >= 0.3 is 5.97 Å². The van der Waals surface area contributed by atoms with Crippen LogP contribution in [-0.2, 0) is 20.7 Å². The van der Waals surface area contributed by atoms with Crippen molar-refractivity contribution in [3.63, 3.8) is 0 Å². The second kappa shape index (κ2) is 6.92. The first-order valence-corrected chi connectivity index (χ1v) is 6.66. The number of carbonyl (C=O) groups is 1. The molecule has 0 aliphatic carbocycles. The standard InChI is InChI=1S/C15H17NO4/c1-2-18-15(17)6-4-11-3-5-12(8-16)14(7-11)20-10-13-9-19-13/h3,5,7,13H,2,4,6,9-10H2,1H3/t13-/m1/s1. The van der Waals surface area contributed by atoms with E-state index in [9.17, 15) is 4.79 Å². The average Bonchev–Trinajstić information content (AvgIpc) is 3.27. The van der Waals surface area contributed by atoms with Crippen LogP contribution >= 0.6 is 0 Å². The van der Waals surface area contributed by atoms with Gasteiger partial charge in [-0.25, -0.2) is 0 Å². The van der Waals surface area contributed by atoms with Gasteiger partial charge in [0.25, 0.3) is 0 Å². The van der Waals surface area contributed by atoms with Crippen LogP contribution in [0.1, 0.15) is 24.5 Å². The van der Waals surface area contributed by atoms with E-state index in [0.717, 1.165) is 5.56 Å². The molecular formula is C15H17NO4. The summed E-state index contributed by atoms with van der Waals surface area (Å²) in [6, 6.07) is 7.44. The summed E-state index contributed by atoms with van der Waals surface area (Å²) >= 11 is 0. The first-order valence-electron chi connectivity index (χ1n) is 6.66. The van der Waals surface area contributed by atoms with E-state index in [-0.39, 0.29) is 12.1 Å². The van der Waals surface area contributed by atoms with Crippen LogP contribution in [-0.4, -0.2) is 31.9 Å². The fourth-order valence-corrected chi connectivity index (χ4v) is 1.76. The molecule has 5 heteroatoms. The molecule has 1 fully saturated rings. The lowest BCUT2D eigenvalue weighted by atomic mass is 10.1. The van der Waals surface area contributed by atoms with Crippen LogP contribution in [0.15, 0.2) is 18.2 Å². The van der Waals surface area contributed by atoms with Gasteiger partial charge in [0.1, 0.15) is 24.5 Å². The summed E-state index contributed by atoms with van der Waals surface area (Å²) in [4.78, 5) is 11.3. The Kier molecular flexibility index (Phi) is 4.97. The summed E-state index contributed by atoms with van der Waals surface area (Å²) < 4.78 is 15.5. The number of esters is 1. The molecule has 20 heavy (non-hydrogen) atoms. The lowest BCUT2D eigenvalue weighted by Gasteiger charge is -2.09. The first-order chi connectivity index (χ1) is 9.72. The molecule has 1 aromatic rings. The summed E-state index contributed by atoms with van der Waals surface area (Å²) in [6.07, 6.45) is 1.04. The highest BCUT2D eigenvalue weighted by Gasteiger charge is 2.23. The summed E-state index contributed by atoms with van der Waals surface area (Å²) in [7, 11) is 0. The van der Waals surface area contributed by atoms with Crippen LogP contribution in [0, 0.1) is 11.3 Å². The van der Waals surface area contributed by atoms with E-state index in [2.05, 4.69) is 6.07 Å². The molecule has 1 aromatic carbocycles. The van der Waals surface area contributed by atoms with Gasteiger partial charge in [-0.1, -0.05) is 6.07 Å². The van der Waals surface area contributed by atoms with E-state index >= 15 is 0 Å². The number of aryl methyl sites for hydroxylation is 1. The number of hydrogen-bond acceptors (Lipinski definition) is 5. The first kappa shape index (κ1) is 14.4. The van der Waals surface area contributed by atoms with Crippen molar-refractivity contribution >= 4 is 5.97 Å². The predicted molar refractivity (Wildman–Crippen MR) is 71.3 cm³/mol. The number of ether oxygens (including phenoxy) is 3. The van der Waals surface area contributed by atoms with Crippen LogP contribution in [0.5, 0.6) is 5.75 Å². The number of epoxide rings is 1. The van der Waals surface area contributed by atoms with Gasteiger partial charge in [-0.15, -0.1) is 0 Å². The third-order valence-electron chi connectivity index (χ3n) is 2.92. The van der Waals surface area contributed by atoms with E-state index in [1.165, 1.54) is 0 Å². The van der Waals surface area contributed by atoms with Crippen molar-refractivity contribution in [2.75, 3.05) is 19.8 Å². The molecule has 0 aromatic heterocycles. The summed E-state index contributed by atoms with van der Waals surface area (Å²) in [5.74, 6) is 0.329. The number of benzene rings is 1. The molecule has 1 aliphatic heterocycles. The summed E-state index contributed by atoms with van der Waals surface area (Å²) in [5.41, 5.74) is 1.44. The SMILES string of the molecule is CCOC(=O)CCc1ccc(C#N)c(OC[C@H]2CO2)c1. The van der Waals surface area contributed by atoms with Gasteiger partial charge in [-0.05, 0) is 31.0 Å². The molecule has 5 nitrogen and oxygen atoms in total. The third kappa shape index (κ3) is 4.25. The minimum Gasteiger partial charge on any atom is -0.489 e. The van der Waals surface area contributed by atoms with E-state index in [1.54, 1.807) is 19.1 Å². The van der Waals surface area contributed by atoms with Gasteiger partial charge in [0.15, 0.2) is 0 Å². The lowest BCUT2D eigenvalue weighted by Crippen LogP contribution is -2.07.